The number of aryl methyl sites for hydroxylation is 1. The van der Waals surface area contributed by atoms with Crippen LogP contribution in [-0.2, 0) is 6.42 Å². The molecule has 1 aromatic carbocycles. The van der Waals surface area contributed by atoms with Crippen molar-refractivity contribution >= 4 is 5.97 Å². The van der Waals surface area contributed by atoms with Gasteiger partial charge in [0.25, 0.3) is 0 Å². The first-order chi connectivity index (χ1) is 8.77. The van der Waals surface area contributed by atoms with Crippen molar-refractivity contribution in [3.05, 3.63) is 35.4 Å². The Morgan fingerprint density at radius 1 is 1.28 bits per heavy atom. The van der Waals surface area contributed by atoms with Crippen molar-refractivity contribution in [2.24, 2.45) is 0 Å². The van der Waals surface area contributed by atoms with Gasteiger partial charge in [-0.15, -0.1) is 0 Å². The van der Waals surface area contributed by atoms with Crippen LogP contribution in [0.2, 0.25) is 0 Å². The third-order valence-corrected chi connectivity index (χ3v) is 3.38. The Bertz CT molecular complexity index is 401. The highest BCUT2D eigenvalue weighted by Gasteiger charge is 2.11. The highest BCUT2D eigenvalue weighted by Crippen LogP contribution is 2.11. The van der Waals surface area contributed by atoms with Crippen LogP contribution in [0.1, 0.15) is 22.3 Å². The molecule has 98 valence electrons. The Morgan fingerprint density at radius 3 is 2.72 bits per heavy atom. The number of benzene rings is 1. The van der Waals surface area contributed by atoms with Crippen molar-refractivity contribution in [2.75, 3.05) is 32.7 Å². The summed E-state index contributed by atoms with van der Waals surface area (Å²) < 4.78 is 0. The molecule has 0 aromatic heterocycles. The van der Waals surface area contributed by atoms with Crippen molar-refractivity contribution in [1.29, 1.82) is 0 Å². The fourth-order valence-electron chi connectivity index (χ4n) is 2.37. The molecule has 0 atom stereocenters. The van der Waals surface area contributed by atoms with E-state index in [1.165, 1.54) is 0 Å². The van der Waals surface area contributed by atoms with Crippen molar-refractivity contribution in [2.45, 2.75) is 12.8 Å². The number of carbonyl (C=O) groups is 1. The summed E-state index contributed by atoms with van der Waals surface area (Å²) >= 11 is 0. The molecule has 1 heterocycles. The molecule has 0 amide bonds. The lowest BCUT2D eigenvalue weighted by Gasteiger charge is -2.27. The largest absolute Gasteiger partial charge is 0.478 e. The summed E-state index contributed by atoms with van der Waals surface area (Å²) in [5, 5.41) is 12.4. The third kappa shape index (κ3) is 3.55. The molecule has 0 unspecified atom stereocenters. The van der Waals surface area contributed by atoms with E-state index >= 15 is 0 Å². The molecule has 1 saturated heterocycles. The van der Waals surface area contributed by atoms with Crippen molar-refractivity contribution in [3.63, 3.8) is 0 Å². The lowest BCUT2D eigenvalue weighted by Crippen LogP contribution is -2.43. The van der Waals surface area contributed by atoms with Gasteiger partial charge in [-0.2, -0.15) is 0 Å². The van der Waals surface area contributed by atoms with Gasteiger partial charge < -0.3 is 15.3 Å². The first-order valence-electron chi connectivity index (χ1n) is 6.51. The van der Waals surface area contributed by atoms with E-state index in [-0.39, 0.29) is 0 Å². The van der Waals surface area contributed by atoms with E-state index in [2.05, 4.69) is 10.2 Å². The molecule has 0 saturated carbocycles. The van der Waals surface area contributed by atoms with Crippen LogP contribution in [0.3, 0.4) is 0 Å². The maximum Gasteiger partial charge on any atom is 0.335 e. The number of hydrogen-bond donors (Lipinski definition) is 2. The first-order valence-corrected chi connectivity index (χ1v) is 6.51. The second kappa shape index (κ2) is 6.52. The number of hydrogen-bond acceptors (Lipinski definition) is 3. The second-order valence-electron chi connectivity index (χ2n) is 4.66. The molecule has 2 rings (SSSR count). The molecular weight excluding hydrogens is 228 g/mol. The van der Waals surface area contributed by atoms with Crippen molar-refractivity contribution in [1.82, 2.24) is 10.2 Å². The number of carboxylic acid groups (broad SMARTS) is 1. The molecule has 0 bridgehead atoms. The Kier molecular flexibility index (Phi) is 4.73. The SMILES string of the molecule is O=C(O)c1ccccc1CCCN1CCNCC1. The van der Waals surface area contributed by atoms with Crippen molar-refractivity contribution < 1.29 is 9.90 Å². The maximum atomic E-state index is 11.1. The normalized spacial score (nSPS) is 16.7. The van der Waals surface area contributed by atoms with Gasteiger partial charge in [-0.1, -0.05) is 18.2 Å². The van der Waals surface area contributed by atoms with Gasteiger partial charge in [0.15, 0.2) is 0 Å². The minimum absolute atomic E-state index is 0.442. The van der Waals surface area contributed by atoms with E-state index in [1.54, 1.807) is 12.1 Å². The molecule has 0 spiro atoms. The number of rotatable bonds is 5. The summed E-state index contributed by atoms with van der Waals surface area (Å²) in [5.74, 6) is -0.826. The summed E-state index contributed by atoms with van der Waals surface area (Å²) in [5.41, 5.74) is 1.39. The van der Waals surface area contributed by atoms with Gasteiger partial charge in [0.1, 0.15) is 0 Å². The average molecular weight is 248 g/mol. The lowest BCUT2D eigenvalue weighted by atomic mass is 10.0. The predicted molar refractivity (Wildman–Crippen MR) is 71.0 cm³/mol. The fourth-order valence-corrected chi connectivity index (χ4v) is 2.37. The third-order valence-electron chi connectivity index (χ3n) is 3.38. The van der Waals surface area contributed by atoms with Gasteiger partial charge in [-0.3, -0.25) is 0 Å². The molecule has 1 aliphatic rings. The first kappa shape index (κ1) is 13.1. The summed E-state index contributed by atoms with van der Waals surface area (Å²) in [6.45, 7) is 5.37. The van der Waals surface area contributed by atoms with Crippen LogP contribution in [-0.4, -0.2) is 48.7 Å². The van der Waals surface area contributed by atoms with E-state index in [0.717, 1.165) is 51.1 Å². The maximum absolute atomic E-state index is 11.1. The Hall–Kier alpha value is -1.39. The number of carboxylic acids is 1. The number of nitrogens with zero attached hydrogens (tertiary/aromatic N) is 1. The molecule has 4 heteroatoms. The molecule has 1 fully saturated rings. The highest BCUT2D eigenvalue weighted by atomic mass is 16.4. The van der Waals surface area contributed by atoms with Gasteiger partial charge in [-0.25, -0.2) is 4.79 Å². The van der Waals surface area contributed by atoms with Crippen LogP contribution in [0, 0.1) is 0 Å². The average Bonchev–Trinajstić information content (AvgIpc) is 2.40. The van der Waals surface area contributed by atoms with E-state index in [9.17, 15) is 4.79 Å². The standard InChI is InChI=1S/C14H20N2O2/c17-14(18)13-6-2-1-4-12(13)5-3-9-16-10-7-15-8-11-16/h1-2,4,6,15H,3,5,7-11H2,(H,17,18). The quantitative estimate of drug-likeness (QED) is 0.822. The van der Waals surface area contributed by atoms with Crippen LogP contribution in [0.15, 0.2) is 24.3 Å². The predicted octanol–water partition coefficient (Wildman–Crippen LogP) is 1.22. The Labute approximate surface area is 108 Å². The number of aromatic carboxylic acids is 1. The van der Waals surface area contributed by atoms with Crippen molar-refractivity contribution in [3.8, 4) is 0 Å². The number of nitrogens with one attached hydrogen (secondary N) is 1. The summed E-state index contributed by atoms with van der Waals surface area (Å²) in [6.07, 6.45) is 1.86. The topological polar surface area (TPSA) is 52.6 Å². The van der Waals surface area contributed by atoms with Crippen LogP contribution >= 0.6 is 0 Å². The summed E-state index contributed by atoms with van der Waals surface area (Å²) in [7, 11) is 0. The molecular formula is C14H20N2O2. The second-order valence-corrected chi connectivity index (χ2v) is 4.66. The van der Waals surface area contributed by atoms with Gasteiger partial charge in [0, 0.05) is 26.2 Å². The van der Waals surface area contributed by atoms with Gasteiger partial charge in [-0.05, 0) is 31.0 Å². The minimum Gasteiger partial charge on any atom is -0.478 e. The lowest BCUT2D eigenvalue weighted by molar-refractivity contribution is 0.0695. The van der Waals surface area contributed by atoms with Crippen LogP contribution in [0.5, 0.6) is 0 Å². The van der Waals surface area contributed by atoms with Crippen LogP contribution in [0.4, 0.5) is 0 Å². The minimum atomic E-state index is -0.826. The molecule has 4 nitrogen and oxygen atoms in total. The number of piperazine rings is 1. The van der Waals surface area contributed by atoms with E-state index < -0.39 is 5.97 Å². The van der Waals surface area contributed by atoms with E-state index in [1.807, 2.05) is 12.1 Å². The van der Waals surface area contributed by atoms with Gasteiger partial charge in [0.2, 0.25) is 0 Å². The Morgan fingerprint density at radius 2 is 2.00 bits per heavy atom. The molecule has 0 radical (unpaired) electrons. The van der Waals surface area contributed by atoms with Crippen LogP contribution < -0.4 is 5.32 Å². The fraction of sp³-hybridized carbons (Fsp3) is 0.500. The molecule has 18 heavy (non-hydrogen) atoms. The summed E-state index contributed by atoms with van der Waals surface area (Å²) in [4.78, 5) is 13.5. The molecule has 2 N–H and O–H groups in total. The smallest absolute Gasteiger partial charge is 0.335 e. The van der Waals surface area contributed by atoms with Gasteiger partial charge in [0.05, 0.1) is 5.56 Å². The zero-order valence-corrected chi connectivity index (χ0v) is 10.6. The van der Waals surface area contributed by atoms with E-state index in [4.69, 9.17) is 5.11 Å². The summed E-state index contributed by atoms with van der Waals surface area (Å²) in [6, 6.07) is 7.29. The molecule has 1 aliphatic heterocycles. The van der Waals surface area contributed by atoms with Gasteiger partial charge >= 0.3 is 5.97 Å². The Balaban J connectivity index is 1.84. The molecule has 0 aliphatic carbocycles. The van der Waals surface area contributed by atoms with E-state index in [0.29, 0.717) is 5.56 Å². The monoisotopic (exact) mass is 248 g/mol. The zero-order valence-electron chi connectivity index (χ0n) is 10.6. The zero-order chi connectivity index (χ0) is 12.8. The molecule has 1 aromatic rings. The highest BCUT2D eigenvalue weighted by molar-refractivity contribution is 5.89. The van der Waals surface area contributed by atoms with Crippen LogP contribution in [0.25, 0.3) is 0 Å².